The number of ether oxygens (including phenoxy) is 1. The average Bonchev–Trinajstić information content (AvgIpc) is 2.50. The Kier molecular flexibility index (Phi) is 3.90. The highest BCUT2D eigenvalue weighted by atomic mass is 16.5. The zero-order valence-corrected chi connectivity index (χ0v) is 12.3. The first-order valence-electron chi connectivity index (χ1n) is 7.17. The smallest absolute Gasteiger partial charge is 0.251 e. The molecule has 0 aromatic carbocycles. The van der Waals surface area contributed by atoms with Gasteiger partial charge in [0, 0.05) is 30.8 Å². The number of H-pyrrole nitrogens is 1. The standard InChI is InChI=1S/C15H20N4O2/c1-9-7-10-3-6-17-14(13(10)19-15(9)20)18-11-4-5-16-8-12(11)21-2/h3,6-7,11-12,16H,4-5,8H2,1-2H3,(H,17,18)(H,19,20)/t11-,12-/m1/s1. The van der Waals surface area contributed by atoms with Gasteiger partial charge in [-0.3, -0.25) is 4.79 Å². The summed E-state index contributed by atoms with van der Waals surface area (Å²) >= 11 is 0. The Morgan fingerprint density at radius 1 is 1.48 bits per heavy atom. The van der Waals surface area contributed by atoms with Gasteiger partial charge in [-0.1, -0.05) is 0 Å². The number of piperidine rings is 1. The van der Waals surface area contributed by atoms with Crippen molar-refractivity contribution >= 4 is 16.7 Å². The van der Waals surface area contributed by atoms with E-state index in [0.29, 0.717) is 11.4 Å². The van der Waals surface area contributed by atoms with E-state index in [2.05, 4.69) is 20.6 Å². The molecule has 2 atom stereocenters. The second-order valence-electron chi connectivity index (χ2n) is 5.42. The van der Waals surface area contributed by atoms with Crippen molar-refractivity contribution in [2.24, 2.45) is 0 Å². The molecule has 21 heavy (non-hydrogen) atoms. The van der Waals surface area contributed by atoms with Crippen molar-refractivity contribution < 1.29 is 4.74 Å². The molecule has 3 N–H and O–H groups in total. The van der Waals surface area contributed by atoms with Gasteiger partial charge >= 0.3 is 0 Å². The second-order valence-corrected chi connectivity index (χ2v) is 5.42. The Balaban J connectivity index is 1.96. The minimum Gasteiger partial charge on any atom is -0.378 e. The molecule has 6 nitrogen and oxygen atoms in total. The number of rotatable bonds is 3. The summed E-state index contributed by atoms with van der Waals surface area (Å²) in [5.41, 5.74) is 1.38. The monoisotopic (exact) mass is 288 g/mol. The average molecular weight is 288 g/mol. The lowest BCUT2D eigenvalue weighted by atomic mass is 10.0. The van der Waals surface area contributed by atoms with Gasteiger partial charge in [-0.05, 0) is 32.0 Å². The summed E-state index contributed by atoms with van der Waals surface area (Å²) in [4.78, 5) is 19.1. The molecule has 1 saturated heterocycles. The highest BCUT2D eigenvalue weighted by molar-refractivity contribution is 5.88. The van der Waals surface area contributed by atoms with Crippen LogP contribution in [-0.2, 0) is 4.74 Å². The van der Waals surface area contributed by atoms with Gasteiger partial charge in [0.2, 0.25) is 0 Å². The van der Waals surface area contributed by atoms with Crippen LogP contribution in [-0.4, -0.2) is 42.3 Å². The molecule has 0 amide bonds. The number of aromatic nitrogens is 2. The lowest BCUT2D eigenvalue weighted by Crippen LogP contribution is -2.48. The maximum atomic E-state index is 11.9. The molecule has 0 bridgehead atoms. The number of pyridine rings is 2. The molecule has 0 spiro atoms. The van der Waals surface area contributed by atoms with Crippen LogP contribution in [0.1, 0.15) is 12.0 Å². The Morgan fingerprint density at radius 3 is 3.14 bits per heavy atom. The molecule has 2 aromatic heterocycles. The Labute approximate surface area is 122 Å². The van der Waals surface area contributed by atoms with Crippen LogP contribution in [0.15, 0.2) is 23.1 Å². The van der Waals surface area contributed by atoms with Crippen LogP contribution in [0.3, 0.4) is 0 Å². The number of fused-ring (bicyclic) bond motifs is 1. The number of hydrogen-bond acceptors (Lipinski definition) is 5. The number of methoxy groups -OCH3 is 1. The molecule has 1 aliphatic heterocycles. The molecule has 2 aromatic rings. The molecule has 1 aliphatic rings. The van der Waals surface area contributed by atoms with Gasteiger partial charge in [0.05, 0.1) is 17.7 Å². The highest BCUT2D eigenvalue weighted by Gasteiger charge is 2.25. The fourth-order valence-electron chi connectivity index (χ4n) is 2.77. The SMILES string of the molecule is CO[C@@H]1CNCC[C@H]1Nc1nccc2cc(C)c(=O)[nH]c12. The molecule has 0 aliphatic carbocycles. The zero-order valence-electron chi connectivity index (χ0n) is 12.3. The van der Waals surface area contributed by atoms with Crippen LogP contribution in [0.25, 0.3) is 10.9 Å². The molecule has 0 saturated carbocycles. The first-order valence-corrected chi connectivity index (χ1v) is 7.17. The van der Waals surface area contributed by atoms with Crippen LogP contribution in [0.2, 0.25) is 0 Å². The second kappa shape index (κ2) is 5.83. The van der Waals surface area contributed by atoms with E-state index in [1.54, 1.807) is 20.2 Å². The van der Waals surface area contributed by atoms with E-state index >= 15 is 0 Å². The molecular formula is C15H20N4O2. The summed E-state index contributed by atoms with van der Waals surface area (Å²) < 4.78 is 5.51. The Morgan fingerprint density at radius 2 is 2.33 bits per heavy atom. The Bertz CT molecular complexity index is 698. The van der Waals surface area contributed by atoms with Gasteiger partial charge in [0.1, 0.15) is 0 Å². The highest BCUT2D eigenvalue weighted by Crippen LogP contribution is 2.21. The topological polar surface area (TPSA) is 79.0 Å². The summed E-state index contributed by atoms with van der Waals surface area (Å²) in [5, 5.41) is 7.72. The van der Waals surface area contributed by atoms with Gasteiger partial charge in [-0.2, -0.15) is 0 Å². The predicted molar refractivity (Wildman–Crippen MR) is 82.8 cm³/mol. The molecule has 0 unspecified atom stereocenters. The van der Waals surface area contributed by atoms with Crippen molar-refractivity contribution in [3.63, 3.8) is 0 Å². The van der Waals surface area contributed by atoms with E-state index in [4.69, 9.17) is 4.74 Å². The molecule has 6 heteroatoms. The zero-order chi connectivity index (χ0) is 14.8. The summed E-state index contributed by atoms with van der Waals surface area (Å²) in [7, 11) is 1.72. The van der Waals surface area contributed by atoms with Crippen LogP contribution < -0.4 is 16.2 Å². The van der Waals surface area contributed by atoms with Gasteiger partial charge in [-0.25, -0.2) is 4.98 Å². The number of anilines is 1. The van der Waals surface area contributed by atoms with E-state index in [0.717, 1.165) is 30.4 Å². The van der Waals surface area contributed by atoms with Crippen LogP contribution in [0.4, 0.5) is 5.82 Å². The van der Waals surface area contributed by atoms with E-state index in [1.165, 1.54) is 0 Å². The molecule has 112 valence electrons. The minimum absolute atomic E-state index is 0.0767. The number of hydrogen-bond donors (Lipinski definition) is 3. The van der Waals surface area contributed by atoms with E-state index in [1.807, 2.05) is 12.1 Å². The lowest BCUT2D eigenvalue weighted by Gasteiger charge is -2.32. The third-order valence-electron chi connectivity index (χ3n) is 4.00. The van der Waals surface area contributed by atoms with Crippen molar-refractivity contribution in [3.05, 3.63) is 34.2 Å². The van der Waals surface area contributed by atoms with E-state index in [9.17, 15) is 4.79 Å². The van der Waals surface area contributed by atoms with Crippen molar-refractivity contribution in [1.29, 1.82) is 0 Å². The van der Waals surface area contributed by atoms with Gasteiger partial charge in [0.15, 0.2) is 5.82 Å². The maximum absolute atomic E-state index is 11.9. The normalized spacial score (nSPS) is 22.4. The molecule has 3 rings (SSSR count). The lowest BCUT2D eigenvalue weighted by molar-refractivity contribution is 0.0706. The van der Waals surface area contributed by atoms with E-state index < -0.39 is 0 Å². The fraction of sp³-hybridized carbons (Fsp3) is 0.467. The quantitative estimate of drug-likeness (QED) is 0.786. The number of nitrogens with zero attached hydrogens (tertiary/aromatic N) is 1. The summed E-state index contributed by atoms with van der Waals surface area (Å²) in [6.07, 6.45) is 2.80. The fourth-order valence-corrected chi connectivity index (χ4v) is 2.77. The van der Waals surface area contributed by atoms with Gasteiger partial charge in [-0.15, -0.1) is 0 Å². The minimum atomic E-state index is -0.0767. The van der Waals surface area contributed by atoms with Crippen LogP contribution in [0, 0.1) is 6.92 Å². The molecular weight excluding hydrogens is 268 g/mol. The van der Waals surface area contributed by atoms with Crippen molar-refractivity contribution in [2.75, 3.05) is 25.5 Å². The molecule has 1 fully saturated rings. The first kappa shape index (κ1) is 14.0. The number of nitrogens with one attached hydrogen (secondary N) is 3. The molecule has 0 radical (unpaired) electrons. The van der Waals surface area contributed by atoms with Gasteiger partial charge < -0.3 is 20.4 Å². The number of aromatic amines is 1. The summed E-state index contributed by atoms with van der Waals surface area (Å²) in [5.74, 6) is 0.707. The molecule has 3 heterocycles. The summed E-state index contributed by atoms with van der Waals surface area (Å²) in [6.45, 7) is 3.56. The first-order chi connectivity index (χ1) is 10.2. The van der Waals surface area contributed by atoms with Crippen molar-refractivity contribution in [3.8, 4) is 0 Å². The van der Waals surface area contributed by atoms with E-state index in [-0.39, 0.29) is 17.7 Å². The Hall–Kier alpha value is -1.92. The predicted octanol–water partition coefficient (Wildman–Crippen LogP) is 1.02. The van der Waals surface area contributed by atoms with Gasteiger partial charge in [0.25, 0.3) is 5.56 Å². The summed E-state index contributed by atoms with van der Waals surface area (Å²) in [6, 6.07) is 3.97. The van der Waals surface area contributed by atoms with Crippen molar-refractivity contribution in [2.45, 2.75) is 25.5 Å². The maximum Gasteiger partial charge on any atom is 0.251 e. The van der Waals surface area contributed by atoms with Crippen LogP contribution in [0.5, 0.6) is 0 Å². The third kappa shape index (κ3) is 2.77. The van der Waals surface area contributed by atoms with Crippen molar-refractivity contribution in [1.82, 2.24) is 15.3 Å². The number of aryl methyl sites for hydroxylation is 1. The largest absolute Gasteiger partial charge is 0.378 e. The van der Waals surface area contributed by atoms with Crippen LogP contribution >= 0.6 is 0 Å². The third-order valence-corrected chi connectivity index (χ3v) is 4.00.